The first-order chi connectivity index (χ1) is 12.1. The van der Waals surface area contributed by atoms with Gasteiger partial charge in [0.2, 0.25) is 0 Å². The summed E-state index contributed by atoms with van der Waals surface area (Å²) in [5, 5.41) is 0. The second-order valence-electron chi connectivity index (χ2n) is 5.79. The molecule has 0 spiro atoms. The van der Waals surface area contributed by atoms with Crippen molar-refractivity contribution in [2.75, 3.05) is 0 Å². The van der Waals surface area contributed by atoms with Crippen LogP contribution in [0.5, 0.6) is 5.75 Å². The number of benzene rings is 3. The average Bonchev–Trinajstić information content (AvgIpc) is 2.63. The lowest BCUT2D eigenvalue weighted by Crippen LogP contribution is -2.11. The molecule has 0 bridgehead atoms. The maximum Gasteiger partial charge on any atom is 0.343 e. The zero-order chi connectivity index (χ0) is 17.6. The molecule has 0 saturated carbocycles. The summed E-state index contributed by atoms with van der Waals surface area (Å²) in [5.74, 6) is -0.00213. The maximum atomic E-state index is 12.6. The van der Waals surface area contributed by atoms with Crippen molar-refractivity contribution in [1.29, 1.82) is 0 Å². The Morgan fingerprint density at radius 3 is 2.12 bits per heavy atom. The summed E-state index contributed by atoms with van der Waals surface area (Å²) in [6.45, 7) is 1.50. The van der Waals surface area contributed by atoms with Crippen molar-refractivity contribution in [1.82, 2.24) is 0 Å². The monoisotopic (exact) mass is 330 g/mol. The average molecular weight is 330 g/mol. The van der Waals surface area contributed by atoms with Gasteiger partial charge in [-0.3, -0.25) is 4.79 Å². The van der Waals surface area contributed by atoms with E-state index in [9.17, 15) is 9.59 Å². The molecule has 124 valence electrons. The third-order valence-electron chi connectivity index (χ3n) is 3.95. The van der Waals surface area contributed by atoms with E-state index in [1.165, 1.54) is 6.92 Å². The van der Waals surface area contributed by atoms with E-state index < -0.39 is 5.97 Å². The highest BCUT2D eigenvalue weighted by atomic mass is 16.5. The van der Waals surface area contributed by atoms with Gasteiger partial charge in [-0.05, 0) is 54.8 Å². The molecule has 0 aliphatic rings. The second-order valence-corrected chi connectivity index (χ2v) is 5.79. The number of ether oxygens (including phenoxy) is 1. The summed E-state index contributed by atoms with van der Waals surface area (Å²) in [6.07, 6.45) is 0.662. The van der Waals surface area contributed by atoms with Gasteiger partial charge in [0.25, 0.3) is 0 Å². The van der Waals surface area contributed by atoms with Gasteiger partial charge in [0.15, 0.2) is 5.78 Å². The summed E-state index contributed by atoms with van der Waals surface area (Å²) in [6, 6.07) is 24.0. The van der Waals surface area contributed by atoms with Crippen LogP contribution in [0.4, 0.5) is 0 Å². The molecule has 0 N–H and O–H groups in total. The summed E-state index contributed by atoms with van der Waals surface area (Å²) in [7, 11) is 0. The van der Waals surface area contributed by atoms with Gasteiger partial charge in [0, 0.05) is 5.56 Å². The Bertz CT molecular complexity index is 881. The van der Waals surface area contributed by atoms with Gasteiger partial charge >= 0.3 is 5.97 Å². The van der Waals surface area contributed by atoms with Crippen molar-refractivity contribution < 1.29 is 14.3 Å². The molecule has 0 radical (unpaired) electrons. The molecule has 0 atom stereocenters. The third-order valence-corrected chi connectivity index (χ3v) is 3.95. The Kier molecular flexibility index (Phi) is 5.05. The first-order valence-corrected chi connectivity index (χ1v) is 8.08. The minimum Gasteiger partial charge on any atom is -0.423 e. The van der Waals surface area contributed by atoms with E-state index in [0.29, 0.717) is 23.3 Å². The fourth-order valence-corrected chi connectivity index (χ4v) is 2.61. The van der Waals surface area contributed by atoms with Crippen LogP contribution in [0.1, 0.15) is 38.8 Å². The van der Waals surface area contributed by atoms with Crippen molar-refractivity contribution in [2.24, 2.45) is 0 Å². The summed E-state index contributed by atoms with van der Waals surface area (Å²) in [4.78, 5) is 23.9. The molecule has 3 nitrogen and oxygen atoms in total. The topological polar surface area (TPSA) is 43.4 Å². The fourth-order valence-electron chi connectivity index (χ4n) is 2.61. The van der Waals surface area contributed by atoms with E-state index in [2.05, 4.69) is 0 Å². The molecule has 3 rings (SSSR count). The quantitative estimate of drug-likeness (QED) is 0.387. The molecule has 3 aromatic carbocycles. The molecule has 0 unspecified atom stereocenters. The van der Waals surface area contributed by atoms with Crippen LogP contribution in [-0.4, -0.2) is 11.8 Å². The molecule has 3 aromatic rings. The lowest BCUT2D eigenvalue weighted by molar-refractivity contribution is 0.0733. The SMILES string of the molecule is CC(=O)c1ccc(OC(=O)c2ccccc2Cc2ccccc2)cc1. The highest BCUT2D eigenvalue weighted by molar-refractivity contribution is 5.95. The van der Waals surface area contributed by atoms with E-state index in [1.807, 2.05) is 48.5 Å². The van der Waals surface area contributed by atoms with Gasteiger partial charge in [0.05, 0.1) is 5.56 Å². The predicted molar refractivity (Wildman–Crippen MR) is 97.1 cm³/mol. The van der Waals surface area contributed by atoms with Crippen LogP contribution in [0.15, 0.2) is 78.9 Å². The predicted octanol–water partition coefficient (Wildman–Crippen LogP) is 4.70. The minimum absolute atomic E-state index is 0.0221. The van der Waals surface area contributed by atoms with E-state index in [1.54, 1.807) is 30.3 Å². The largest absolute Gasteiger partial charge is 0.423 e. The Hall–Kier alpha value is -3.20. The maximum absolute atomic E-state index is 12.6. The molecule has 0 aromatic heterocycles. The zero-order valence-electron chi connectivity index (χ0n) is 13.9. The molecule has 0 fully saturated rings. The molecular weight excluding hydrogens is 312 g/mol. The van der Waals surface area contributed by atoms with Gasteiger partial charge in [0.1, 0.15) is 5.75 Å². The fraction of sp³-hybridized carbons (Fsp3) is 0.0909. The van der Waals surface area contributed by atoms with Crippen LogP contribution in [0.2, 0.25) is 0 Å². The lowest BCUT2D eigenvalue weighted by Gasteiger charge is -2.10. The van der Waals surface area contributed by atoms with E-state index in [0.717, 1.165) is 11.1 Å². The zero-order valence-corrected chi connectivity index (χ0v) is 13.9. The standard InChI is InChI=1S/C22H18O3/c1-16(23)18-11-13-20(14-12-18)25-22(24)21-10-6-5-9-19(21)15-17-7-3-2-4-8-17/h2-14H,15H2,1H3. The number of ketones is 1. The van der Waals surface area contributed by atoms with Crippen molar-refractivity contribution in [3.63, 3.8) is 0 Å². The van der Waals surface area contributed by atoms with Crippen molar-refractivity contribution in [3.05, 3.63) is 101 Å². The van der Waals surface area contributed by atoms with Gasteiger partial charge in [-0.2, -0.15) is 0 Å². The molecule has 0 amide bonds. The van der Waals surface area contributed by atoms with Crippen LogP contribution < -0.4 is 4.74 Å². The van der Waals surface area contributed by atoms with E-state index >= 15 is 0 Å². The molecule has 25 heavy (non-hydrogen) atoms. The number of rotatable bonds is 5. The normalized spacial score (nSPS) is 10.3. The first kappa shape index (κ1) is 16.7. The van der Waals surface area contributed by atoms with Crippen LogP contribution in [0.25, 0.3) is 0 Å². The van der Waals surface area contributed by atoms with Gasteiger partial charge in [-0.15, -0.1) is 0 Å². The van der Waals surface area contributed by atoms with Crippen LogP contribution in [0, 0.1) is 0 Å². The van der Waals surface area contributed by atoms with E-state index in [-0.39, 0.29) is 5.78 Å². The van der Waals surface area contributed by atoms with Gasteiger partial charge < -0.3 is 4.74 Å². The number of Topliss-reactive ketones (excluding diaryl/α,β-unsaturated/α-hetero) is 1. The molecule has 0 aliphatic heterocycles. The molecule has 0 saturated heterocycles. The molecule has 0 aliphatic carbocycles. The van der Waals surface area contributed by atoms with Crippen LogP contribution in [0.3, 0.4) is 0 Å². The number of hydrogen-bond acceptors (Lipinski definition) is 3. The number of hydrogen-bond donors (Lipinski definition) is 0. The van der Waals surface area contributed by atoms with Crippen LogP contribution in [-0.2, 0) is 6.42 Å². The molecule has 3 heteroatoms. The molecular formula is C22H18O3. The van der Waals surface area contributed by atoms with Crippen LogP contribution >= 0.6 is 0 Å². The highest BCUT2D eigenvalue weighted by Gasteiger charge is 2.14. The number of carbonyl (C=O) groups excluding carboxylic acids is 2. The first-order valence-electron chi connectivity index (χ1n) is 8.08. The third kappa shape index (κ3) is 4.21. The van der Waals surface area contributed by atoms with Gasteiger partial charge in [-0.25, -0.2) is 4.79 Å². The van der Waals surface area contributed by atoms with E-state index in [4.69, 9.17) is 4.74 Å². The van der Waals surface area contributed by atoms with Gasteiger partial charge in [-0.1, -0.05) is 48.5 Å². The van der Waals surface area contributed by atoms with Crippen molar-refractivity contribution >= 4 is 11.8 Å². The Labute approximate surface area is 146 Å². The summed E-state index contributed by atoms with van der Waals surface area (Å²) in [5.41, 5.74) is 3.18. The Balaban J connectivity index is 1.79. The Morgan fingerprint density at radius 2 is 1.44 bits per heavy atom. The lowest BCUT2D eigenvalue weighted by atomic mass is 10.00. The van der Waals surface area contributed by atoms with Crippen molar-refractivity contribution in [3.8, 4) is 5.75 Å². The Morgan fingerprint density at radius 1 is 0.800 bits per heavy atom. The van der Waals surface area contributed by atoms with Crippen molar-refractivity contribution in [2.45, 2.75) is 13.3 Å². The molecule has 0 heterocycles. The highest BCUT2D eigenvalue weighted by Crippen LogP contribution is 2.18. The number of carbonyl (C=O) groups is 2. The smallest absolute Gasteiger partial charge is 0.343 e. The second kappa shape index (κ2) is 7.58. The summed E-state index contributed by atoms with van der Waals surface area (Å²) >= 11 is 0. The minimum atomic E-state index is -0.401. The number of esters is 1. The summed E-state index contributed by atoms with van der Waals surface area (Å²) < 4.78 is 5.46.